The Morgan fingerprint density at radius 1 is 1.21 bits per heavy atom. The molecule has 1 N–H and O–H groups in total. The van der Waals surface area contributed by atoms with Gasteiger partial charge in [0.15, 0.2) is 0 Å². The lowest BCUT2D eigenvalue weighted by Gasteiger charge is -2.35. The van der Waals surface area contributed by atoms with E-state index in [9.17, 15) is 14.4 Å². The number of benzene rings is 2. The molecule has 1 amide bonds. The minimum Gasteiger partial charge on any atom is -0.373 e. The van der Waals surface area contributed by atoms with Crippen molar-refractivity contribution in [2.75, 3.05) is 36.4 Å². The summed E-state index contributed by atoms with van der Waals surface area (Å²) in [7, 11) is 0. The molecule has 0 atom stereocenters. The molecule has 7 heteroatoms. The number of nitrogens with one attached hydrogen (secondary N) is 1. The average Bonchev–Trinajstić information content (AvgIpc) is 2.70. The summed E-state index contributed by atoms with van der Waals surface area (Å²) in [5, 5.41) is 12.6. The molecule has 0 unspecified atom stereocenters. The number of rotatable bonds is 4. The molecule has 0 saturated carbocycles. The number of aryl methyl sites for hydroxylation is 1. The highest BCUT2D eigenvalue weighted by Crippen LogP contribution is 2.22. The minimum atomic E-state index is -0.482. The lowest BCUT2D eigenvalue weighted by Crippen LogP contribution is -2.44. The van der Waals surface area contributed by atoms with Gasteiger partial charge in [-0.1, -0.05) is 29.8 Å². The molecule has 0 aliphatic carbocycles. The van der Waals surface area contributed by atoms with Gasteiger partial charge in [0, 0.05) is 43.1 Å². The summed E-state index contributed by atoms with van der Waals surface area (Å²) < 4.78 is 13.9. The van der Waals surface area contributed by atoms with Gasteiger partial charge in [-0.2, -0.15) is 5.26 Å². The minimum absolute atomic E-state index is 0.0127. The second-order valence-corrected chi connectivity index (χ2v) is 6.98. The van der Waals surface area contributed by atoms with Gasteiger partial charge in [0.25, 0.3) is 5.91 Å². The Kier molecular flexibility index (Phi) is 6.17. The number of amides is 1. The molecule has 0 radical (unpaired) electrons. The Balaban J connectivity index is 1.65. The topological polar surface area (TPSA) is 59.4 Å². The third kappa shape index (κ3) is 4.62. The molecule has 1 saturated heterocycles. The fourth-order valence-corrected chi connectivity index (χ4v) is 3.21. The van der Waals surface area contributed by atoms with Crippen LogP contribution in [0.2, 0.25) is 5.02 Å². The van der Waals surface area contributed by atoms with Gasteiger partial charge < -0.3 is 15.1 Å². The van der Waals surface area contributed by atoms with Gasteiger partial charge in [0.1, 0.15) is 17.5 Å². The number of para-hydroxylation sites is 1. The Hall–Kier alpha value is -3.04. The Morgan fingerprint density at radius 3 is 2.61 bits per heavy atom. The van der Waals surface area contributed by atoms with Crippen molar-refractivity contribution < 1.29 is 9.18 Å². The summed E-state index contributed by atoms with van der Waals surface area (Å²) in [6.45, 7) is 4.23. The van der Waals surface area contributed by atoms with E-state index in [4.69, 9.17) is 11.6 Å². The van der Waals surface area contributed by atoms with E-state index >= 15 is 0 Å². The number of nitriles is 1. The van der Waals surface area contributed by atoms with Crippen molar-refractivity contribution in [3.05, 3.63) is 70.6 Å². The molecule has 1 heterocycles. The van der Waals surface area contributed by atoms with E-state index in [1.54, 1.807) is 42.6 Å². The highest BCUT2D eigenvalue weighted by Gasteiger charge is 2.19. The zero-order valence-electron chi connectivity index (χ0n) is 15.5. The van der Waals surface area contributed by atoms with E-state index < -0.39 is 5.91 Å². The molecule has 1 fully saturated rings. The molecular weight excluding hydrogens is 379 g/mol. The van der Waals surface area contributed by atoms with Crippen molar-refractivity contribution in [1.29, 1.82) is 5.26 Å². The number of anilines is 2. The molecule has 3 rings (SSSR count). The van der Waals surface area contributed by atoms with Crippen LogP contribution in [0.5, 0.6) is 0 Å². The first kappa shape index (κ1) is 19.7. The molecule has 2 aromatic carbocycles. The fourth-order valence-electron chi connectivity index (χ4n) is 3.04. The van der Waals surface area contributed by atoms with E-state index in [-0.39, 0.29) is 11.4 Å². The van der Waals surface area contributed by atoms with Crippen LogP contribution in [0, 0.1) is 24.1 Å². The van der Waals surface area contributed by atoms with E-state index in [0.29, 0.717) is 42.6 Å². The summed E-state index contributed by atoms with van der Waals surface area (Å²) in [6, 6.07) is 13.8. The van der Waals surface area contributed by atoms with Gasteiger partial charge in [-0.15, -0.1) is 0 Å². The van der Waals surface area contributed by atoms with Crippen LogP contribution in [0.1, 0.15) is 5.56 Å². The number of carbonyl (C=O) groups excluding carboxylic acids is 1. The van der Waals surface area contributed by atoms with Gasteiger partial charge >= 0.3 is 0 Å². The number of nitrogens with zero attached hydrogens (tertiary/aromatic N) is 3. The molecule has 5 nitrogen and oxygen atoms in total. The van der Waals surface area contributed by atoms with Crippen molar-refractivity contribution in [2.45, 2.75) is 6.92 Å². The predicted octanol–water partition coefficient (Wildman–Crippen LogP) is 3.96. The monoisotopic (exact) mass is 398 g/mol. The van der Waals surface area contributed by atoms with Crippen molar-refractivity contribution in [2.24, 2.45) is 0 Å². The van der Waals surface area contributed by atoms with Crippen LogP contribution in [0.3, 0.4) is 0 Å². The van der Waals surface area contributed by atoms with Crippen molar-refractivity contribution in [1.82, 2.24) is 4.90 Å². The lowest BCUT2D eigenvalue weighted by molar-refractivity contribution is -0.112. The number of carbonyl (C=O) groups is 1. The normalized spacial score (nSPS) is 14.6. The van der Waals surface area contributed by atoms with E-state index in [1.165, 1.54) is 6.07 Å². The molecule has 144 valence electrons. The molecule has 0 bridgehead atoms. The Labute approximate surface area is 168 Å². The van der Waals surface area contributed by atoms with Gasteiger partial charge in [-0.05, 0) is 36.8 Å². The summed E-state index contributed by atoms with van der Waals surface area (Å²) in [4.78, 5) is 16.3. The lowest BCUT2D eigenvalue weighted by atomic mass is 10.2. The summed E-state index contributed by atoms with van der Waals surface area (Å²) in [5.74, 6) is -0.732. The van der Waals surface area contributed by atoms with Crippen LogP contribution >= 0.6 is 11.6 Å². The van der Waals surface area contributed by atoms with Crippen LogP contribution < -0.4 is 10.2 Å². The number of halogens is 2. The van der Waals surface area contributed by atoms with Crippen molar-refractivity contribution in [3.63, 3.8) is 0 Å². The van der Waals surface area contributed by atoms with E-state index in [2.05, 4.69) is 5.32 Å². The van der Waals surface area contributed by atoms with Crippen molar-refractivity contribution >= 4 is 28.9 Å². The van der Waals surface area contributed by atoms with Gasteiger partial charge in [-0.3, -0.25) is 4.79 Å². The van der Waals surface area contributed by atoms with Crippen LogP contribution in [0.25, 0.3) is 0 Å². The number of hydrogen-bond acceptors (Lipinski definition) is 4. The Bertz CT molecular complexity index is 946. The first-order valence-electron chi connectivity index (χ1n) is 8.91. The predicted molar refractivity (Wildman–Crippen MR) is 109 cm³/mol. The third-order valence-corrected chi connectivity index (χ3v) is 4.87. The molecule has 28 heavy (non-hydrogen) atoms. The highest BCUT2D eigenvalue weighted by molar-refractivity contribution is 6.31. The summed E-state index contributed by atoms with van der Waals surface area (Å²) >= 11 is 5.97. The number of piperazine rings is 1. The van der Waals surface area contributed by atoms with Gasteiger partial charge in [0.2, 0.25) is 0 Å². The summed E-state index contributed by atoms with van der Waals surface area (Å²) in [5.41, 5.74) is 2.01. The third-order valence-electron chi connectivity index (χ3n) is 4.63. The highest BCUT2D eigenvalue weighted by atomic mass is 35.5. The van der Waals surface area contributed by atoms with Crippen LogP contribution in [-0.4, -0.2) is 37.0 Å². The average molecular weight is 399 g/mol. The van der Waals surface area contributed by atoms with E-state index in [1.807, 2.05) is 22.8 Å². The Morgan fingerprint density at radius 2 is 1.93 bits per heavy atom. The largest absolute Gasteiger partial charge is 0.373 e. The second kappa shape index (κ2) is 8.77. The van der Waals surface area contributed by atoms with E-state index in [0.717, 1.165) is 5.56 Å². The molecule has 1 aliphatic heterocycles. The molecule has 0 aromatic heterocycles. The molecular formula is C21H20ClFN4O. The van der Waals surface area contributed by atoms with Gasteiger partial charge in [0.05, 0.1) is 5.69 Å². The molecule has 0 spiro atoms. The van der Waals surface area contributed by atoms with Gasteiger partial charge in [-0.25, -0.2) is 4.39 Å². The molecule has 1 aliphatic rings. The molecule has 2 aromatic rings. The SMILES string of the molecule is Cc1ccc(Cl)cc1NC(=O)/C(C#N)=C\N1CCN(c2ccccc2F)CC1. The maximum Gasteiger partial charge on any atom is 0.267 e. The fraction of sp³-hybridized carbons (Fsp3) is 0.238. The second-order valence-electron chi connectivity index (χ2n) is 6.54. The zero-order valence-corrected chi connectivity index (χ0v) is 16.2. The van der Waals surface area contributed by atoms with Crippen LogP contribution in [0.15, 0.2) is 54.2 Å². The smallest absolute Gasteiger partial charge is 0.267 e. The first-order valence-corrected chi connectivity index (χ1v) is 9.28. The number of hydrogen-bond donors (Lipinski definition) is 1. The standard InChI is InChI=1S/C21H20ClFN4O/c1-15-6-7-17(22)12-19(15)25-21(28)16(13-24)14-26-8-10-27(11-9-26)20-5-3-2-4-18(20)23/h2-7,12,14H,8-11H2,1H3,(H,25,28)/b16-14-. The first-order chi connectivity index (χ1) is 13.5. The maximum absolute atomic E-state index is 13.9. The zero-order chi connectivity index (χ0) is 20.1. The quantitative estimate of drug-likeness (QED) is 0.625. The van der Waals surface area contributed by atoms with Crippen LogP contribution in [-0.2, 0) is 4.79 Å². The maximum atomic E-state index is 13.9. The van der Waals surface area contributed by atoms with Crippen molar-refractivity contribution in [3.8, 4) is 6.07 Å². The van der Waals surface area contributed by atoms with Crippen LogP contribution in [0.4, 0.5) is 15.8 Å². The summed E-state index contributed by atoms with van der Waals surface area (Å²) in [6.07, 6.45) is 1.56.